The summed E-state index contributed by atoms with van der Waals surface area (Å²) in [6.07, 6.45) is 9.19. The number of amides is 3. The van der Waals surface area contributed by atoms with Crippen LogP contribution in [-0.2, 0) is 14.4 Å². The maximum absolute atomic E-state index is 14.4. The molecule has 1 spiro atoms. The Balaban J connectivity index is 2.04. The van der Waals surface area contributed by atoms with Crippen LogP contribution in [-0.4, -0.2) is 91.4 Å². The van der Waals surface area contributed by atoms with Gasteiger partial charge in [-0.1, -0.05) is 31.9 Å². The number of rotatable bonds is 14. The molecule has 3 fully saturated rings. The number of nitrogens with zero attached hydrogens (tertiary/aromatic N) is 3. The molecule has 3 saturated heterocycles. The lowest BCUT2D eigenvalue weighted by Crippen LogP contribution is -2.59. The Bertz CT molecular complexity index is 918. The average Bonchev–Trinajstić information content (AvgIpc) is 3.41. The lowest BCUT2D eigenvalue weighted by atomic mass is 9.66. The van der Waals surface area contributed by atoms with Gasteiger partial charge in [0, 0.05) is 43.1 Å². The second kappa shape index (κ2) is 12.2. The van der Waals surface area contributed by atoms with Crippen molar-refractivity contribution in [3.8, 4) is 0 Å². The van der Waals surface area contributed by atoms with E-state index >= 15 is 0 Å². The van der Waals surface area contributed by atoms with Crippen LogP contribution < -0.4 is 0 Å². The lowest BCUT2D eigenvalue weighted by molar-refractivity contribution is -0.146. The van der Waals surface area contributed by atoms with Crippen LogP contribution >= 0.6 is 11.8 Å². The minimum absolute atomic E-state index is 0.0245. The number of hydrogen-bond donors (Lipinski definition) is 1. The van der Waals surface area contributed by atoms with E-state index in [4.69, 9.17) is 5.11 Å². The Hall–Kier alpha value is -1.80. The van der Waals surface area contributed by atoms with Gasteiger partial charge in [0.15, 0.2) is 0 Å². The third kappa shape index (κ3) is 5.45. The first-order chi connectivity index (χ1) is 17.9. The summed E-state index contributed by atoms with van der Waals surface area (Å²) in [6.45, 7) is 20.1. The summed E-state index contributed by atoms with van der Waals surface area (Å²) in [4.78, 5) is 48.4. The number of thioether (sulfide) groups is 1. The van der Waals surface area contributed by atoms with Crippen LogP contribution in [0.15, 0.2) is 25.3 Å². The minimum Gasteiger partial charge on any atom is -0.396 e. The molecule has 2 bridgehead atoms. The summed E-state index contributed by atoms with van der Waals surface area (Å²) in [6, 6.07) is -0.597. The summed E-state index contributed by atoms with van der Waals surface area (Å²) in [5.74, 6) is -0.999. The number of hydrogen-bond acceptors (Lipinski definition) is 5. The molecule has 5 atom stereocenters. The fraction of sp³-hybridized carbons (Fsp3) is 0.767. The number of unbranched alkanes of at least 4 members (excludes halogenated alkanes) is 3. The van der Waals surface area contributed by atoms with Crippen molar-refractivity contribution in [1.82, 2.24) is 14.7 Å². The third-order valence-electron chi connectivity index (χ3n) is 8.63. The molecular formula is C30H49N3O4S. The molecule has 3 heterocycles. The zero-order valence-electron chi connectivity index (χ0n) is 24.2. The van der Waals surface area contributed by atoms with Crippen LogP contribution in [0.2, 0.25) is 0 Å². The monoisotopic (exact) mass is 547 g/mol. The predicted octanol–water partition coefficient (Wildman–Crippen LogP) is 4.26. The van der Waals surface area contributed by atoms with E-state index in [1.807, 2.05) is 35.5 Å². The fourth-order valence-corrected chi connectivity index (χ4v) is 9.30. The Kier molecular flexibility index (Phi) is 9.83. The Morgan fingerprint density at radius 1 is 1.11 bits per heavy atom. The minimum atomic E-state index is -0.606. The van der Waals surface area contributed by atoms with Crippen molar-refractivity contribution >= 4 is 29.5 Å². The van der Waals surface area contributed by atoms with Crippen molar-refractivity contribution in [3.05, 3.63) is 25.3 Å². The van der Waals surface area contributed by atoms with Crippen LogP contribution in [0.25, 0.3) is 0 Å². The zero-order chi connectivity index (χ0) is 28.3. The topological polar surface area (TPSA) is 81.2 Å². The van der Waals surface area contributed by atoms with Crippen LogP contribution in [0, 0.1) is 11.8 Å². The maximum atomic E-state index is 14.4. The first kappa shape index (κ1) is 30.7. The maximum Gasteiger partial charge on any atom is 0.247 e. The predicted molar refractivity (Wildman–Crippen MR) is 155 cm³/mol. The first-order valence-electron chi connectivity index (χ1n) is 14.4. The van der Waals surface area contributed by atoms with Crippen LogP contribution in [0.1, 0.15) is 79.6 Å². The van der Waals surface area contributed by atoms with Gasteiger partial charge in [0.05, 0.1) is 16.6 Å². The molecule has 0 aliphatic carbocycles. The van der Waals surface area contributed by atoms with E-state index in [2.05, 4.69) is 27.0 Å². The summed E-state index contributed by atoms with van der Waals surface area (Å²) in [5, 5.41) is 9.16. The number of aliphatic hydroxyl groups is 1. The van der Waals surface area contributed by atoms with E-state index in [9.17, 15) is 14.4 Å². The normalized spacial score (nSPS) is 29.9. The van der Waals surface area contributed by atoms with Gasteiger partial charge >= 0.3 is 0 Å². The second-order valence-corrected chi connectivity index (χ2v) is 14.3. The molecule has 3 rings (SSSR count). The van der Waals surface area contributed by atoms with Gasteiger partial charge in [0.1, 0.15) is 6.04 Å². The molecule has 1 N–H and O–H groups in total. The van der Waals surface area contributed by atoms with Gasteiger partial charge in [-0.2, -0.15) is 0 Å². The molecule has 0 aromatic rings. The van der Waals surface area contributed by atoms with E-state index < -0.39 is 28.2 Å². The molecule has 38 heavy (non-hydrogen) atoms. The molecule has 8 heteroatoms. The largest absolute Gasteiger partial charge is 0.396 e. The molecule has 2 unspecified atom stereocenters. The highest BCUT2D eigenvalue weighted by Crippen LogP contribution is 2.71. The molecule has 3 aliphatic heterocycles. The molecular weight excluding hydrogens is 498 g/mol. The molecule has 3 aliphatic rings. The van der Waals surface area contributed by atoms with E-state index in [0.717, 1.165) is 44.9 Å². The van der Waals surface area contributed by atoms with Crippen LogP contribution in [0.3, 0.4) is 0 Å². The highest BCUT2D eigenvalue weighted by Gasteiger charge is 2.77. The van der Waals surface area contributed by atoms with Crippen LogP contribution in [0.5, 0.6) is 0 Å². The molecule has 0 radical (unpaired) electrons. The molecule has 0 saturated carbocycles. The Morgan fingerprint density at radius 3 is 2.34 bits per heavy atom. The molecule has 0 aromatic carbocycles. The number of likely N-dealkylation sites (tertiary alicyclic amines) is 1. The lowest BCUT2D eigenvalue weighted by Gasteiger charge is -2.42. The van der Waals surface area contributed by atoms with Gasteiger partial charge in [0.2, 0.25) is 17.7 Å². The molecule has 3 amide bonds. The Labute approximate surface area is 234 Å². The van der Waals surface area contributed by atoms with E-state index in [0.29, 0.717) is 26.2 Å². The standard InChI is InChI=1S/C30H49N3O4S/c1-8-17-31(18-9-2)25(35)22-23-26(36)32(20-13-11-12-14-21-34)24(30(23)16-15-29(22,7)38-30)27(37)33(19-10-3)28(4,5)6/h8,10,22-24,34H,1,3,9,11-21H2,2,4-7H3/t22-,23+,24?,29+,30?/m1/s1. The average molecular weight is 548 g/mol. The molecule has 214 valence electrons. The third-order valence-corrected chi connectivity index (χ3v) is 10.6. The van der Waals surface area contributed by atoms with E-state index in [-0.39, 0.29) is 29.1 Å². The Morgan fingerprint density at radius 2 is 1.76 bits per heavy atom. The van der Waals surface area contributed by atoms with Crippen molar-refractivity contribution in [2.75, 3.05) is 32.8 Å². The summed E-state index contributed by atoms with van der Waals surface area (Å²) in [5.41, 5.74) is -0.432. The molecule has 7 nitrogen and oxygen atoms in total. The highest BCUT2D eigenvalue weighted by atomic mass is 32.2. The first-order valence-corrected chi connectivity index (χ1v) is 15.2. The van der Waals surface area contributed by atoms with Crippen molar-refractivity contribution in [1.29, 1.82) is 0 Å². The van der Waals surface area contributed by atoms with Crippen molar-refractivity contribution in [3.63, 3.8) is 0 Å². The summed E-state index contributed by atoms with van der Waals surface area (Å²) >= 11 is 1.74. The van der Waals surface area contributed by atoms with Crippen LogP contribution in [0.4, 0.5) is 0 Å². The zero-order valence-corrected chi connectivity index (χ0v) is 25.0. The number of fused-ring (bicyclic) bond motifs is 1. The smallest absolute Gasteiger partial charge is 0.247 e. The SMILES string of the molecule is C=CCN(CCC)C(=O)[C@H]1[C@H]2C(=O)N(CCCCCCO)C(C(=O)N(CC=C)C(C)(C)C)C23CC[C@]1(C)S3. The number of carbonyl (C=O) groups excluding carboxylic acids is 3. The van der Waals surface area contributed by atoms with Gasteiger partial charge < -0.3 is 19.8 Å². The number of carbonyl (C=O) groups is 3. The van der Waals surface area contributed by atoms with E-state index in [1.165, 1.54) is 0 Å². The highest BCUT2D eigenvalue weighted by molar-refractivity contribution is 8.02. The fourth-order valence-electron chi connectivity index (χ4n) is 6.95. The van der Waals surface area contributed by atoms with Gasteiger partial charge in [-0.25, -0.2) is 0 Å². The van der Waals surface area contributed by atoms with Crippen molar-refractivity contribution < 1.29 is 19.5 Å². The van der Waals surface area contributed by atoms with Gasteiger partial charge in [-0.3, -0.25) is 14.4 Å². The second-order valence-electron chi connectivity index (χ2n) is 12.4. The summed E-state index contributed by atoms with van der Waals surface area (Å²) in [7, 11) is 0. The van der Waals surface area contributed by atoms with Gasteiger partial charge in [0.25, 0.3) is 0 Å². The van der Waals surface area contributed by atoms with Gasteiger partial charge in [-0.15, -0.1) is 24.9 Å². The van der Waals surface area contributed by atoms with Crippen molar-refractivity contribution in [2.24, 2.45) is 11.8 Å². The summed E-state index contributed by atoms with van der Waals surface area (Å²) < 4.78 is -0.980. The number of aliphatic hydroxyl groups excluding tert-OH is 1. The van der Waals surface area contributed by atoms with E-state index in [1.54, 1.807) is 23.9 Å². The quantitative estimate of drug-likeness (QED) is 0.260. The van der Waals surface area contributed by atoms with Gasteiger partial charge in [-0.05, 0) is 59.8 Å². The van der Waals surface area contributed by atoms with Crippen molar-refractivity contribution in [2.45, 2.75) is 101 Å². The molecule has 0 aromatic heterocycles.